The zero-order chi connectivity index (χ0) is 20.5. The van der Waals surface area contributed by atoms with Crippen molar-refractivity contribution in [1.29, 1.82) is 0 Å². The number of nitrogens with zero attached hydrogens (tertiary/aromatic N) is 3. The lowest BCUT2D eigenvalue weighted by atomic mass is 10.2. The second-order valence-corrected chi connectivity index (χ2v) is 8.45. The third-order valence-electron chi connectivity index (χ3n) is 4.61. The van der Waals surface area contributed by atoms with Crippen molar-refractivity contribution in [2.45, 2.75) is 13.5 Å². The van der Waals surface area contributed by atoms with Gasteiger partial charge in [-0.2, -0.15) is 0 Å². The molecule has 1 aliphatic heterocycles. The van der Waals surface area contributed by atoms with Crippen molar-refractivity contribution in [1.82, 2.24) is 14.7 Å². The molecule has 1 fully saturated rings. The lowest BCUT2D eigenvalue weighted by Crippen LogP contribution is -2.26. The van der Waals surface area contributed by atoms with E-state index in [9.17, 15) is 9.59 Å². The summed E-state index contributed by atoms with van der Waals surface area (Å²) in [6.07, 6.45) is 3.27. The summed E-state index contributed by atoms with van der Waals surface area (Å²) in [4.78, 5) is 32.6. The summed E-state index contributed by atoms with van der Waals surface area (Å²) in [6, 6.07) is 13.7. The lowest BCUT2D eigenvalue weighted by molar-refractivity contribution is -0.115. The molecule has 29 heavy (non-hydrogen) atoms. The van der Waals surface area contributed by atoms with Crippen LogP contribution in [0.1, 0.15) is 16.7 Å². The number of carbonyl (C=O) groups is 1. The number of carbonyl (C=O) groups excluding carboxylic acids is 1. The third kappa shape index (κ3) is 3.81. The number of amides is 1. The first-order valence-corrected chi connectivity index (χ1v) is 10.2. The van der Waals surface area contributed by atoms with Crippen molar-refractivity contribution in [3.8, 4) is 0 Å². The fourth-order valence-electron chi connectivity index (χ4n) is 3.20. The summed E-state index contributed by atoms with van der Waals surface area (Å²) in [6.45, 7) is 2.49. The van der Waals surface area contributed by atoms with E-state index in [1.165, 1.54) is 4.40 Å². The van der Waals surface area contributed by atoms with Gasteiger partial charge in [0.15, 0.2) is 0 Å². The van der Waals surface area contributed by atoms with Crippen molar-refractivity contribution in [2.75, 3.05) is 11.9 Å². The predicted molar refractivity (Wildman–Crippen MR) is 121 cm³/mol. The Morgan fingerprint density at radius 1 is 1.21 bits per heavy atom. The van der Waals surface area contributed by atoms with Crippen molar-refractivity contribution < 1.29 is 4.79 Å². The summed E-state index contributed by atoms with van der Waals surface area (Å²) in [5.74, 6) is 0.220. The molecule has 0 bridgehead atoms. The minimum Gasteiger partial charge on any atom is -0.355 e. The van der Waals surface area contributed by atoms with Gasteiger partial charge in [0.2, 0.25) is 0 Å². The van der Waals surface area contributed by atoms with Crippen LogP contribution in [0.25, 0.3) is 11.7 Å². The standard InChI is InChI=1S/C21H18N4O2S2/c1-13-7-6-10-25-17(13)22-18(24(2)12-14-8-4-3-5-9-14)15(20(25)27)11-16-19(26)23-21(28)29-16/h3-11H,12H2,1-2H3,(H,23,26,28)/b16-11-. The van der Waals surface area contributed by atoms with Crippen molar-refractivity contribution in [3.05, 3.63) is 80.6 Å². The number of benzene rings is 1. The average Bonchev–Trinajstić information content (AvgIpc) is 3.02. The zero-order valence-electron chi connectivity index (χ0n) is 15.9. The van der Waals surface area contributed by atoms with Crippen LogP contribution in [0.5, 0.6) is 0 Å². The van der Waals surface area contributed by atoms with E-state index in [1.54, 1.807) is 12.3 Å². The minimum atomic E-state index is -0.301. The molecule has 0 aliphatic carbocycles. The van der Waals surface area contributed by atoms with Crippen LogP contribution >= 0.6 is 24.0 Å². The summed E-state index contributed by atoms with van der Waals surface area (Å²) >= 11 is 6.22. The molecule has 0 unspecified atom stereocenters. The van der Waals surface area contributed by atoms with E-state index in [-0.39, 0.29) is 11.5 Å². The number of anilines is 1. The molecule has 1 N–H and O–H groups in total. The Morgan fingerprint density at radius 3 is 2.66 bits per heavy atom. The van der Waals surface area contributed by atoms with Gasteiger partial charge in [-0.25, -0.2) is 4.98 Å². The molecule has 0 spiro atoms. The molecule has 1 amide bonds. The van der Waals surface area contributed by atoms with Gasteiger partial charge in [-0.1, -0.05) is 60.4 Å². The zero-order valence-corrected chi connectivity index (χ0v) is 17.5. The van der Waals surface area contributed by atoms with Crippen LogP contribution in [0.3, 0.4) is 0 Å². The van der Waals surface area contributed by atoms with Crippen LogP contribution in [0.2, 0.25) is 0 Å². The fourth-order valence-corrected chi connectivity index (χ4v) is 4.23. The number of aromatic nitrogens is 2. The highest BCUT2D eigenvalue weighted by Crippen LogP contribution is 2.28. The minimum absolute atomic E-state index is 0.229. The highest BCUT2D eigenvalue weighted by Gasteiger charge is 2.24. The summed E-state index contributed by atoms with van der Waals surface area (Å²) in [5, 5.41) is 2.59. The molecule has 0 atom stereocenters. The highest BCUT2D eigenvalue weighted by atomic mass is 32.2. The van der Waals surface area contributed by atoms with Gasteiger partial charge in [-0.15, -0.1) is 0 Å². The average molecular weight is 423 g/mol. The number of nitrogens with one attached hydrogen (secondary N) is 1. The fraction of sp³-hybridized carbons (Fsp3) is 0.143. The number of hydrogen-bond acceptors (Lipinski definition) is 6. The van der Waals surface area contributed by atoms with Gasteiger partial charge in [-0.05, 0) is 30.2 Å². The molecule has 3 aromatic rings. The van der Waals surface area contributed by atoms with Gasteiger partial charge in [0.25, 0.3) is 11.5 Å². The highest BCUT2D eigenvalue weighted by molar-refractivity contribution is 8.26. The first kappa shape index (κ1) is 19.4. The Labute approximate surface area is 177 Å². The third-order valence-corrected chi connectivity index (χ3v) is 5.77. The second-order valence-electron chi connectivity index (χ2n) is 6.73. The Hall–Kier alpha value is -2.97. The van der Waals surface area contributed by atoms with E-state index < -0.39 is 0 Å². The molecule has 0 saturated carbocycles. The van der Waals surface area contributed by atoms with Gasteiger partial charge < -0.3 is 10.2 Å². The topological polar surface area (TPSA) is 66.7 Å². The molecule has 6 nitrogen and oxygen atoms in total. The first-order valence-electron chi connectivity index (χ1n) is 8.96. The van der Waals surface area contributed by atoms with Crippen LogP contribution in [0.4, 0.5) is 5.82 Å². The molecule has 146 valence electrons. The normalized spacial score (nSPS) is 15.2. The van der Waals surface area contributed by atoms with Crippen molar-refractivity contribution in [2.24, 2.45) is 0 Å². The number of pyridine rings is 1. The summed E-state index contributed by atoms with van der Waals surface area (Å²) < 4.78 is 1.89. The van der Waals surface area contributed by atoms with E-state index in [1.807, 2.05) is 61.3 Å². The lowest BCUT2D eigenvalue weighted by Gasteiger charge is -2.21. The van der Waals surface area contributed by atoms with E-state index in [2.05, 4.69) is 5.32 Å². The Kier molecular flexibility index (Phi) is 5.21. The molecule has 1 aromatic carbocycles. The van der Waals surface area contributed by atoms with Crippen LogP contribution in [-0.4, -0.2) is 26.7 Å². The van der Waals surface area contributed by atoms with E-state index in [0.29, 0.717) is 32.8 Å². The smallest absolute Gasteiger partial charge is 0.267 e. The van der Waals surface area contributed by atoms with Gasteiger partial charge >= 0.3 is 0 Å². The largest absolute Gasteiger partial charge is 0.355 e. The van der Waals surface area contributed by atoms with E-state index in [0.717, 1.165) is 22.9 Å². The van der Waals surface area contributed by atoms with Gasteiger partial charge in [-0.3, -0.25) is 14.0 Å². The molecule has 4 rings (SSSR count). The molecule has 1 saturated heterocycles. The maximum Gasteiger partial charge on any atom is 0.267 e. The van der Waals surface area contributed by atoms with E-state index >= 15 is 0 Å². The molecule has 8 heteroatoms. The number of hydrogen-bond donors (Lipinski definition) is 1. The molecule has 2 aromatic heterocycles. The van der Waals surface area contributed by atoms with Crippen LogP contribution in [-0.2, 0) is 11.3 Å². The maximum absolute atomic E-state index is 13.3. The summed E-state index contributed by atoms with van der Waals surface area (Å²) in [7, 11) is 1.89. The SMILES string of the molecule is Cc1cccn2c(=O)c(/C=C3\SC(=S)NC3=O)c(N(C)Cc3ccccc3)nc12. The molecule has 3 heterocycles. The number of thiocarbonyl (C=S) groups is 1. The quantitative estimate of drug-likeness (QED) is 0.515. The van der Waals surface area contributed by atoms with Crippen LogP contribution in [0, 0.1) is 6.92 Å². The maximum atomic E-state index is 13.3. The number of rotatable bonds is 4. The van der Waals surface area contributed by atoms with Gasteiger partial charge in [0, 0.05) is 19.8 Å². The molecule has 1 aliphatic rings. The van der Waals surface area contributed by atoms with Crippen LogP contribution in [0.15, 0.2) is 58.4 Å². The first-order chi connectivity index (χ1) is 13.9. The van der Waals surface area contributed by atoms with E-state index in [4.69, 9.17) is 17.2 Å². The molecule has 0 radical (unpaired) electrons. The predicted octanol–water partition coefficient (Wildman–Crippen LogP) is 3.13. The number of thioether (sulfide) groups is 1. The van der Waals surface area contributed by atoms with Crippen molar-refractivity contribution >= 4 is 51.7 Å². The molecular formula is C21H18N4O2S2. The monoisotopic (exact) mass is 422 g/mol. The van der Waals surface area contributed by atoms with Gasteiger partial charge in [0.05, 0.1) is 10.5 Å². The van der Waals surface area contributed by atoms with Gasteiger partial charge in [0.1, 0.15) is 15.8 Å². The summed E-state index contributed by atoms with van der Waals surface area (Å²) in [5.41, 5.74) is 2.71. The number of fused-ring (bicyclic) bond motifs is 1. The van der Waals surface area contributed by atoms with Crippen LogP contribution < -0.4 is 15.8 Å². The number of aryl methyl sites for hydroxylation is 1. The Balaban J connectivity index is 1.90. The second kappa shape index (κ2) is 7.81. The Bertz CT molecular complexity index is 1220. The molecular weight excluding hydrogens is 404 g/mol. The van der Waals surface area contributed by atoms with Crippen molar-refractivity contribution in [3.63, 3.8) is 0 Å². The Morgan fingerprint density at radius 2 is 1.97 bits per heavy atom.